The monoisotopic (exact) mass is 264 g/mol. The molecule has 0 amide bonds. The quantitative estimate of drug-likeness (QED) is 0.640. The number of aromatic hydroxyl groups is 2. The van der Waals surface area contributed by atoms with E-state index in [1.165, 1.54) is 6.07 Å². The number of rotatable bonds is 3. The molecule has 100 valence electrons. The van der Waals surface area contributed by atoms with Crippen LogP contribution in [0.4, 0.5) is 0 Å². The van der Waals surface area contributed by atoms with Crippen molar-refractivity contribution >= 4 is 16.9 Å². The SMILES string of the molecule is CCOC(=O)Cc1cc(=O)oc2cc(O)cc(O)c12. The Labute approximate surface area is 107 Å². The van der Waals surface area contributed by atoms with Gasteiger partial charge in [-0.25, -0.2) is 4.79 Å². The fourth-order valence-corrected chi connectivity index (χ4v) is 1.85. The van der Waals surface area contributed by atoms with Gasteiger partial charge in [-0.1, -0.05) is 0 Å². The van der Waals surface area contributed by atoms with E-state index in [0.29, 0.717) is 5.56 Å². The molecule has 0 aliphatic heterocycles. The van der Waals surface area contributed by atoms with Crippen LogP contribution in [0.1, 0.15) is 12.5 Å². The number of hydrogen-bond acceptors (Lipinski definition) is 6. The first-order valence-corrected chi connectivity index (χ1v) is 5.65. The molecular weight excluding hydrogens is 252 g/mol. The van der Waals surface area contributed by atoms with Crippen LogP contribution < -0.4 is 5.63 Å². The smallest absolute Gasteiger partial charge is 0.336 e. The minimum absolute atomic E-state index is 0.0179. The van der Waals surface area contributed by atoms with Crippen LogP contribution in [0, 0.1) is 0 Å². The zero-order chi connectivity index (χ0) is 14.0. The summed E-state index contributed by atoms with van der Waals surface area (Å²) in [5.41, 5.74) is -0.358. The van der Waals surface area contributed by atoms with E-state index in [1.807, 2.05) is 0 Å². The molecule has 0 aliphatic rings. The number of fused-ring (bicyclic) bond motifs is 1. The van der Waals surface area contributed by atoms with Gasteiger partial charge in [-0.15, -0.1) is 0 Å². The van der Waals surface area contributed by atoms with Crippen LogP contribution >= 0.6 is 0 Å². The third kappa shape index (κ3) is 2.67. The average molecular weight is 264 g/mol. The van der Waals surface area contributed by atoms with Crippen molar-refractivity contribution in [2.45, 2.75) is 13.3 Å². The van der Waals surface area contributed by atoms with E-state index in [1.54, 1.807) is 6.92 Å². The van der Waals surface area contributed by atoms with Crippen molar-refractivity contribution in [3.05, 3.63) is 34.2 Å². The summed E-state index contributed by atoms with van der Waals surface area (Å²) in [6.07, 6.45) is -0.158. The highest BCUT2D eigenvalue weighted by atomic mass is 16.5. The summed E-state index contributed by atoms with van der Waals surface area (Å²) < 4.78 is 9.67. The fraction of sp³-hybridized carbons (Fsp3) is 0.231. The molecule has 1 heterocycles. The predicted molar refractivity (Wildman–Crippen MR) is 66.2 cm³/mol. The molecule has 1 aromatic heterocycles. The summed E-state index contributed by atoms with van der Waals surface area (Å²) in [5, 5.41) is 19.4. The highest BCUT2D eigenvalue weighted by Crippen LogP contribution is 2.31. The Morgan fingerprint density at radius 1 is 1.32 bits per heavy atom. The molecule has 0 spiro atoms. The van der Waals surface area contributed by atoms with Crippen LogP contribution in [0.2, 0.25) is 0 Å². The lowest BCUT2D eigenvalue weighted by Crippen LogP contribution is -2.10. The van der Waals surface area contributed by atoms with E-state index < -0.39 is 11.6 Å². The zero-order valence-corrected chi connectivity index (χ0v) is 10.2. The molecule has 0 saturated heterocycles. The largest absolute Gasteiger partial charge is 0.508 e. The zero-order valence-electron chi connectivity index (χ0n) is 10.2. The van der Waals surface area contributed by atoms with Crippen molar-refractivity contribution in [1.29, 1.82) is 0 Å². The lowest BCUT2D eigenvalue weighted by atomic mass is 10.1. The van der Waals surface area contributed by atoms with E-state index in [2.05, 4.69) is 0 Å². The molecule has 6 nitrogen and oxygen atoms in total. The molecular formula is C13H12O6. The molecule has 0 radical (unpaired) electrons. The van der Waals surface area contributed by atoms with Gasteiger partial charge in [0.1, 0.15) is 17.1 Å². The topological polar surface area (TPSA) is 97.0 Å². The lowest BCUT2D eigenvalue weighted by Gasteiger charge is -2.07. The summed E-state index contributed by atoms with van der Waals surface area (Å²) in [7, 11) is 0. The van der Waals surface area contributed by atoms with Crippen molar-refractivity contribution in [3.63, 3.8) is 0 Å². The third-order valence-electron chi connectivity index (χ3n) is 2.53. The maximum Gasteiger partial charge on any atom is 0.336 e. The van der Waals surface area contributed by atoms with E-state index in [9.17, 15) is 19.8 Å². The summed E-state index contributed by atoms with van der Waals surface area (Å²) in [4.78, 5) is 22.8. The molecule has 1 aromatic carbocycles. The minimum atomic E-state index is -0.670. The van der Waals surface area contributed by atoms with Crippen LogP contribution in [-0.4, -0.2) is 22.8 Å². The number of carbonyl (C=O) groups is 1. The van der Waals surface area contributed by atoms with Crippen molar-refractivity contribution in [3.8, 4) is 11.5 Å². The first-order chi connectivity index (χ1) is 9.01. The van der Waals surface area contributed by atoms with Crippen molar-refractivity contribution in [2.75, 3.05) is 6.61 Å². The van der Waals surface area contributed by atoms with Crippen molar-refractivity contribution in [1.82, 2.24) is 0 Å². The normalized spacial score (nSPS) is 10.6. The fourth-order valence-electron chi connectivity index (χ4n) is 1.85. The summed E-state index contributed by atoms with van der Waals surface area (Å²) in [5.74, 6) is -1.01. The van der Waals surface area contributed by atoms with E-state index in [-0.39, 0.29) is 35.5 Å². The Kier molecular flexibility index (Phi) is 3.41. The van der Waals surface area contributed by atoms with Crippen molar-refractivity contribution < 1.29 is 24.2 Å². The van der Waals surface area contributed by atoms with Gasteiger partial charge in [0.25, 0.3) is 0 Å². The van der Waals surface area contributed by atoms with Gasteiger partial charge in [-0.3, -0.25) is 4.79 Å². The second kappa shape index (κ2) is 5.01. The molecule has 0 unspecified atom stereocenters. The number of carbonyl (C=O) groups excluding carboxylic acids is 1. The molecule has 0 saturated carbocycles. The van der Waals surface area contributed by atoms with Crippen LogP contribution in [-0.2, 0) is 16.0 Å². The predicted octanol–water partition coefficient (Wildman–Crippen LogP) is 1.31. The number of hydrogen-bond donors (Lipinski definition) is 2. The molecule has 2 aromatic rings. The summed E-state index contributed by atoms with van der Waals surface area (Å²) in [6.45, 7) is 1.90. The Bertz CT molecular complexity index is 685. The Hall–Kier alpha value is -2.50. The first-order valence-electron chi connectivity index (χ1n) is 5.65. The standard InChI is InChI=1S/C13H12O6/c1-2-18-11(16)3-7-4-12(17)19-10-6-8(14)5-9(15)13(7)10/h4-6,14-15H,2-3H2,1H3. The average Bonchev–Trinajstić information content (AvgIpc) is 2.26. The molecule has 0 atom stereocenters. The second-order valence-corrected chi connectivity index (χ2v) is 3.91. The lowest BCUT2D eigenvalue weighted by molar-refractivity contribution is -0.142. The Balaban J connectivity index is 2.59. The van der Waals surface area contributed by atoms with Crippen LogP contribution in [0.15, 0.2) is 27.4 Å². The van der Waals surface area contributed by atoms with Gasteiger partial charge < -0.3 is 19.4 Å². The van der Waals surface area contributed by atoms with Gasteiger partial charge >= 0.3 is 11.6 Å². The third-order valence-corrected chi connectivity index (χ3v) is 2.53. The highest BCUT2D eigenvalue weighted by molar-refractivity contribution is 5.90. The maximum atomic E-state index is 11.5. The van der Waals surface area contributed by atoms with Crippen LogP contribution in [0.5, 0.6) is 11.5 Å². The van der Waals surface area contributed by atoms with Crippen LogP contribution in [0.3, 0.4) is 0 Å². The number of phenols is 2. The molecule has 2 rings (SSSR count). The van der Waals surface area contributed by atoms with E-state index >= 15 is 0 Å². The van der Waals surface area contributed by atoms with E-state index in [0.717, 1.165) is 12.1 Å². The Morgan fingerprint density at radius 2 is 2.05 bits per heavy atom. The van der Waals surface area contributed by atoms with Gasteiger partial charge in [-0.2, -0.15) is 0 Å². The van der Waals surface area contributed by atoms with Crippen LogP contribution in [0.25, 0.3) is 11.0 Å². The van der Waals surface area contributed by atoms with Gasteiger partial charge in [0.15, 0.2) is 0 Å². The van der Waals surface area contributed by atoms with Crippen molar-refractivity contribution in [2.24, 2.45) is 0 Å². The maximum absolute atomic E-state index is 11.5. The molecule has 19 heavy (non-hydrogen) atoms. The number of ether oxygens (including phenoxy) is 1. The molecule has 0 fully saturated rings. The first kappa shape index (κ1) is 12.9. The Morgan fingerprint density at radius 3 is 2.74 bits per heavy atom. The molecule has 0 bridgehead atoms. The molecule has 0 aliphatic carbocycles. The van der Waals surface area contributed by atoms with Gasteiger partial charge in [0.2, 0.25) is 0 Å². The summed E-state index contributed by atoms with van der Waals surface area (Å²) in [6, 6.07) is 3.43. The van der Waals surface area contributed by atoms with E-state index in [4.69, 9.17) is 9.15 Å². The summed E-state index contributed by atoms with van der Waals surface area (Å²) >= 11 is 0. The van der Waals surface area contributed by atoms with Gasteiger partial charge in [-0.05, 0) is 12.5 Å². The van der Waals surface area contributed by atoms with Gasteiger partial charge in [0.05, 0.1) is 18.4 Å². The van der Waals surface area contributed by atoms with Gasteiger partial charge in [0, 0.05) is 18.2 Å². The highest BCUT2D eigenvalue weighted by Gasteiger charge is 2.15. The minimum Gasteiger partial charge on any atom is -0.508 e. The second-order valence-electron chi connectivity index (χ2n) is 3.91. The number of esters is 1. The number of phenolic OH excluding ortho intramolecular Hbond substituents is 2. The molecule has 2 N–H and O–H groups in total. The molecule has 6 heteroatoms. The number of benzene rings is 1.